The Morgan fingerprint density at radius 2 is 1.77 bits per heavy atom. The Labute approximate surface area is 129 Å². The van der Waals surface area contributed by atoms with E-state index in [1.54, 1.807) is 4.90 Å². The number of hydrogen-bond acceptors (Lipinski definition) is 3. The molecule has 1 aliphatic heterocycles. The summed E-state index contributed by atoms with van der Waals surface area (Å²) in [6.45, 7) is 1.46. The predicted molar refractivity (Wildman–Crippen MR) is 84.9 cm³/mol. The van der Waals surface area contributed by atoms with Gasteiger partial charge in [0.05, 0.1) is 13.0 Å². The van der Waals surface area contributed by atoms with Crippen molar-refractivity contribution in [3.05, 3.63) is 42.5 Å². The summed E-state index contributed by atoms with van der Waals surface area (Å²) in [7, 11) is 0. The van der Waals surface area contributed by atoms with Gasteiger partial charge >= 0.3 is 0 Å². The van der Waals surface area contributed by atoms with Crippen molar-refractivity contribution in [1.82, 2.24) is 4.90 Å². The minimum Gasteiger partial charge on any atom is -0.493 e. The maximum Gasteiger partial charge on any atom is 0.226 e. The van der Waals surface area contributed by atoms with Crippen LogP contribution < -0.4 is 4.74 Å². The molecule has 1 saturated heterocycles. The minimum atomic E-state index is 0.0632. The third-order valence-corrected chi connectivity index (χ3v) is 3.98. The fraction of sp³-hybridized carbons (Fsp3) is 0.333. The highest BCUT2D eigenvalue weighted by Gasteiger charge is 2.20. The first-order chi connectivity index (χ1) is 10.7. The zero-order valence-corrected chi connectivity index (χ0v) is 12.5. The average Bonchev–Trinajstić information content (AvgIpc) is 2.55. The Balaban J connectivity index is 1.51. The topological polar surface area (TPSA) is 46.6 Å². The van der Waals surface area contributed by atoms with Gasteiger partial charge in [-0.1, -0.05) is 30.3 Å². The summed E-state index contributed by atoms with van der Waals surface area (Å²) in [6, 6.07) is 14.0. The summed E-state index contributed by atoms with van der Waals surface area (Å²) in [5.41, 5.74) is 0. The van der Waals surface area contributed by atoms with Gasteiger partial charge in [0.25, 0.3) is 0 Å². The molecule has 0 N–H and O–H groups in total. The molecule has 0 aliphatic carbocycles. The molecule has 4 nitrogen and oxygen atoms in total. The van der Waals surface area contributed by atoms with Crippen molar-refractivity contribution in [3.8, 4) is 5.75 Å². The van der Waals surface area contributed by atoms with Crippen LogP contribution >= 0.6 is 0 Å². The van der Waals surface area contributed by atoms with Crippen molar-refractivity contribution in [2.24, 2.45) is 0 Å². The van der Waals surface area contributed by atoms with Gasteiger partial charge in [0.15, 0.2) is 0 Å². The number of benzene rings is 2. The molecule has 0 atom stereocenters. The van der Waals surface area contributed by atoms with Crippen LogP contribution in [-0.2, 0) is 9.59 Å². The first kappa shape index (κ1) is 14.6. The first-order valence-electron chi connectivity index (χ1n) is 7.63. The summed E-state index contributed by atoms with van der Waals surface area (Å²) >= 11 is 0. The lowest BCUT2D eigenvalue weighted by Gasteiger charge is -2.26. The molecule has 1 fully saturated rings. The number of rotatable bonds is 4. The third-order valence-electron chi connectivity index (χ3n) is 3.98. The number of Topliss-reactive ketones (excluding diaryl/α,β-unsaturated/α-hetero) is 1. The second-order valence-electron chi connectivity index (χ2n) is 5.53. The monoisotopic (exact) mass is 297 g/mol. The van der Waals surface area contributed by atoms with E-state index >= 15 is 0 Å². The molecule has 114 valence electrons. The lowest BCUT2D eigenvalue weighted by Crippen LogP contribution is -2.39. The van der Waals surface area contributed by atoms with Gasteiger partial charge in [-0.25, -0.2) is 0 Å². The average molecular weight is 297 g/mol. The Hall–Kier alpha value is -2.36. The third kappa shape index (κ3) is 3.45. The Bertz CT molecular complexity index is 686. The highest BCUT2D eigenvalue weighted by molar-refractivity contribution is 5.84. The van der Waals surface area contributed by atoms with E-state index in [1.807, 2.05) is 36.4 Å². The molecule has 1 amide bonds. The fourth-order valence-electron chi connectivity index (χ4n) is 2.68. The number of hydrogen-bond donors (Lipinski definition) is 0. The van der Waals surface area contributed by atoms with Gasteiger partial charge in [-0.05, 0) is 22.9 Å². The van der Waals surface area contributed by atoms with Crippen LogP contribution in [0.4, 0.5) is 0 Å². The molecule has 0 radical (unpaired) electrons. The number of ketones is 1. The second kappa shape index (κ2) is 6.60. The van der Waals surface area contributed by atoms with E-state index < -0.39 is 0 Å². The number of amides is 1. The molecular weight excluding hydrogens is 278 g/mol. The number of ether oxygens (including phenoxy) is 1. The number of carbonyl (C=O) groups is 2. The molecule has 3 rings (SSSR count). The van der Waals surface area contributed by atoms with E-state index in [-0.39, 0.29) is 11.7 Å². The maximum absolute atomic E-state index is 12.0. The molecule has 0 bridgehead atoms. The standard InChI is InChI=1S/C18H19NO3/c20-16-7-10-19(11-8-16)18(21)9-12-22-17-6-5-14-3-1-2-4-15(14)13-17/h1-6,13H,7-12H2. The van der Waals surface area contributed by atoms with Crippen LogP contribution in [0.3, 0.4) is 0 Å². The normalized spacial score (nSPS) is 15.1. The Kier molecular flexibility index (Phi) is 4.37. The molecule has 22 heavy (non-hydrogen) atoms. The molecule has 0 aromatic heterocycles. The highest BCUT2D eigenvalue weighted by atomic mass is 16.5. The fourth-order valence-corrected chi connectivity index (χ4v) is 2.68. The van der Waals surface area contributed by atoms with E-state index in [9.17, 15) is 9.59 Å². The summed E-state index contributed by atoms with van der Waals surface area (Å²) in [6.07, 6.45) is 1.32. The number of carbonyl (C=O) groups excluding carboxylic acids is 2. The van der Waals surface area contributed by atoms with E-state index in [1.165, 1.54) is 5.39 Å². The summed E-state index contributed by atoms with van der Waals surface area (Å²) < 4.78 is 5.68. The first-order valence-corrected chi connectivity index (χ1v) is 7.63. The molecule has 2 aromatic rings. The summed E-state index contributed by atoms with van der Waals surface area (Å²) in [5.74, 6) is 1.09. The molecule has 4 heteroatoms. The minimum absolute atomic E-state index is 0.0632. The SMILES string of the molecule is O=C1CCN(C(=O)CCOc2ccc3ccccc3c2)CC1. The van der Waals surface area contributed by atoms with E-state index in [4.69, 9.17) is 4.74 Å². The molecular formula is C18H19NO3. The molecule has 0 spiro atoms. The van der Waals surface area contributed by atoms with Gasteiger partial charge in [-0.15, -0.1) is 0 Å². The largest absolute Gasteiger partial charge is 0.493 e. The molecule has 0 saturated carbocycles. The van der Waals surface area contributed by atoms with Crippen LogP contribution in [0.1, 0.15) is 19.3 Å². The van der Waals surface area contributed by atoms with Crippen LogP contribution in [0.15, 0.2) is 42.5 Å². The van der Waals surface area contributed by atoms with Crippen LogP contribution in [0.5, 0.6) is 5.75 Å². The highest BCUT2D eigenvalue weighted by Crippen LogP contribution is 2.20. The van der Waals surface area contributed by atoms with Crippen molar-refractivity contribution in [1.29, 1.82) is 0 Å². The molecule has 2 aromatic carbocycles. The van der Waals surface area contributed by atoms with Crippen LogP contribution in [0, 0.1) is 0 Å². The van der Waals surface area contributed by atoms with Gasteiger partial charge in [0, 0.05) is 25.9 Å². The Morgan fingerprint density at radius 3 is 2.55 bits per heavy atom. The van der Waals surface area contributed by atoms with E-state index in [0.717, 1.165) is 11.1 Å². The van der Waals surface area contributed by atoms with Gasteiger partial charge in [-0.3, -0.25) is 9.59 Å². The molecule has 1 aliphatic rings. The molecule has 0 unspecified atom stereocenters. The summed E-state index contributed by atoms with van der Waals surface area (Å²) in [5, 5.41) is 2.30. The quantitative estimate of drug-likeness (QED) is 0.872. The van der Waals surface area contributed by atoms with E-state index in [2.05, 4.69) is 6.07 Å². The smallest absolute Gasteiger partial charge is 0.226 e. The van der Waals surface area contributed by atoms with Gasteiger partial charge in [0.2, 0.25) is 5.91 Å². The van der Waals surface area contributed by atoms with Crippen LogP contribution in [-0.4, -0.2) is 36.3 Å². The zero-order chi connectivity index (χ0) is 15.4. The van der Waals surface area contributed by atoms with Crippen molar-refractivity contribution in [2.45, 2.75) is 19.3 Å². The van der Waals surface area contributed by atoms with Gasteiger partial charge < -0.3 is 9.64 Å². The van der Waals surface area contributed by atoms with Crippen molar-refractivity contribution < 1.29 is 14.3 Å². The van der Waals surface area contributed by atoms with Crippen molar-refractivity contribution in [3.63, 3.8) is 0 Å². The zero-order valence-electron chi connectivity index (χ0n) is 12.5. The Morgan fingerprint density at radius 1 is 1.05 bits per heavy atom. The van der Waals surface area contributed by atoms with Crippen LogP contribution in [0.25, 0.3) is 10.8 Å². The second-order valence-corrected chi connectivity index (χ2v) is 5.53. The number of piperidine rings is 1. The van der Waals surface area contributed by atoms with Crippen molar-refractivity contribution in [2.75, 3.05) is 19.7 Å². The lowest BCUT2D eigenvalue weighted by molar-refractivity contribution is -0.134. The van der Waals surface area contributed by atoms with Crippen LogP contribution in [0.2, 0.25) is 0 Å². The van der Waals surface area contributed by atoms with Gasteiger partial charge in [0.1, 0.15) is 11.5 Å². The number of nitrogens with zero attached hydrogens (tertiary/aromatic N) is 1. The predicted octanol–water partition coefficient (Wildman–Crippen LogP) is 2.80. The number of fused-ring (bicyclic) bond motifs is 1. The lowest BCUT2D eigenvalue weighted by atomic mass is 10.1. The number of likely N-dealkylation sites (tertiary alicyclic amines) is 1. The van der Waals surface area contributed by atoms with Crippen molar-refractivity contribution >= 4 is 22.5 Å². The maximum atomic E-state index is 12.0. The van der Waals surface area contributed by atoms with Gasteiger partial charge in [-0.2, -0.15) is 0 Å². The van der Waals surface area contributed by atoms with E-state index in [0.29, 0.717) is 39.0 Å². The summed E-state index contributed by atoms with van der Waals surface area (Å²) in [4.78, 5) is 25.0. The molecule has 1 heterocycles.